The number of hydrogen-bond acceptors (Lipinski definition) is 5. The summed E-state index contributed by atoms with van der Waals surface area (Å²) < 4.78 is 0. The molecule has 23 heavy (non-hydrogen) atoms. The van der Waals surface area contributed by atoms with Crippen LogP contribution in [0.1, 0.15) is 13.8 Å². The lowest BCUT2D eigenvalue weighted by Crippen LogP contribution is -2.52. The molecule has 0 fully saturated rings. The quantitative estimate of drug-likeness (QED) is 0.333. The van der Waals surface area contributed by atoms with Crippen LogP contribution in [-0.4, -0.2) is 74.2 Å². The zero-order valence-corrected chi connectivity index (χ0v) is 13.6. The van der Waals surface area contributed by atoms with Crippen molar-refractivity contribution in [2.75, 3.05) is 27.2 Å². The lowest BCUT2D eigenvalue weighted by molar-refractivity contribution is -0.138. The molecule has 130 valence electrons. The van der Waals surface area contributed by atoms with Gasteiger partial charge in [-0.25, -0.2) is 0 Å². The Morgan fingerprint density at radius 3 is 2.22 bits per heavy atom. The van der Waals surface area contributed by atoms with Crippen molar-refractivity contribution in [3.05, 3.63) is 0 Å². The lowest BCUT2D eigenvalue weighted by Gasteiger charge is -2.22. The fourth-order valence-electron chi connectivity index (χ4n) is 1.52. The van der Waals surface area contributed by atoms with Crippen LogP contribution >= 0.6 is 0 Å². The maximum atomic E-state index is 12.1. The topological polar surface area (TPSA) is 137 Å². The van der Waals surface area contributed by atoms with E-state index >= 15 is 0 Å². The monoisotopic (exact) mass is 329 g/mol. The van der Waals surface area contributed by atoms with E-state index in [1.54, 1.807) is 0 Å². The fraction of sp³-hybridized carbons (Fsp3) is 0.615. The van der Waals surface area contributed by atoms with E-state index in [2.05, 4.69) is 21.3 Å². The Bertz CT molecular complexity index is 468. The predicted molar refractivity (Wildman–Crippen MR) is 81.0 cm³/mol. The Hall–Kier alpha value is -2.65. The minimum atomic E-state index is -0.866. The second-order valence-electron chi connectivity index (χ2n) is 4.88. The van der Waals surface area contributed by atoms with Gasteiger partial charge in [0.15, 0.2) is 0 Å². The van der Waals surface area contributed by atoms with Crippen molar-refractivity contribution in [1.29, 1.82) is 0 Å². The van der Waals surface area contributed by atoms with Crippen molar-refractivity contribution >= 4 is 30.0 Å². The second kappa shape index (κ2) is 10.1. The third kappa shape index (κ3) is 7.79. The summed E-state index contributed by atoms with van der Waals surface area (Å²) in [6, 6.07) is -1.64. The van der Waals surface area contributed by atoms with Gasteiger partial charge in [-0.1, -0.05) is 0 Å². The van der Waals surface area contributed by atoms with Gasteiger partial charge in [0.25, 0.3) is 0 Å². The molecule has 10 heteroatoms. The number of carbonyl (C=O) groups is 5. The average Bonchev–Trinajstić information content (AvgIpc) is 2.51. The average molecular weight is 329 g/mol. The zero-order chi connectivity index (χ0) is 18.0. The first-order valence-corrected chi connectivity index (χ1v) is 6.95. The third-order valence-corrected chi connectivity index (χ3v) is 2.92. The van der Waals surface area contributed by atoms with Crippen LogP contribution in [0.5, 0.6) is 0 Å². The summed E-state index contributed by atoms with van der Waals surface area (Å²) in [5, 5.41) is 9.39. The molecule has 0 aliphatic rings. The normalized spacial score (nSPS) is 12.3. The summed E-state index contributed by atoms with van der Waals surface area (Å²) in [6.07, 6.45) is 0.389. The fourth-order valence-corrected chi connectivity index (χ4v) is 1.52. The van der Waals surface area contributed by atoms with Crippen LogP contribution in [0, 0.1) is 0 Å². The molecule has 0 aromatic heterocycles. The summed E-state index contributed by atoms with van der Waals surface area (Å²) in [5.74, 6) is -1.86. The van der Waals surface area contributed by atoms with Gasteiger partial charge >= 0.3 is 0 Å². The number of carbonyl (C=O) groups excluding carboxylic acids is 5. The summed E-state index contributed by atoms with van der Waals surface area (Å²) in [7, 11) is 2.84. The molecule has 0 aliphatic heterocycles. The molecule has 0 rings (SSSR count). The molecular formula is C13H23N5O5. The summed E-state index contributed by atoms with van der Waals surface area (Å²) in [4.78, 5) is 57.7. The molecule has 4 N–H and O–H groups in total. The number of nitrogens with zero attached hydrogens (tertiary/aromatic N) is 1. The Balaban J connectivity index is 4.36. The Morgan fingerprint density at radius 2 is 1.70 bits per heavy atom. The minimum Gasteiger partial charge on any atom is -0.358 e. The van der Waals surface area contributed by atoms with E-state index in [1.165, 1.54) is 27.9 Å². The molecule has 2 atom stereocenters. The van der Waals surface area contributed by atoms with E-state index in [0.717, 1.165) is 4.90 Å². The van der Waals surface area contributed by atoms with Gasteiger partial charge in [-0.15, -0.1) is 0 Å². The molecule has 5 amide bonds. The van der Waals surface area contributed by atoms with Crippen molar-refractivity contribution in [2.24, 2.45) is 0 Å². The number of amides is 5. The van der Waals surface area contributed by atoms with Crippen LogP contribution < -0.4 is 21.3 Å². The Labute approximate surface area is 134 Å². The van der Waals surface area contributed by atoms with Gasteiger partial charge in [0.05, 0.1) is 13.1 Å². The first-order chi connectivity index (χ1) is 10.7. The number of rotatable bonds is 9. The number of hydrogen-bond donors (Lipinski definition) is 4. The molecule has 0 saturated heterocycles. The molecular weight excluding hydrogens is 306 g/mol. The largest absolute Gasteiger partial charge is 0.358 e. The van der Waals surface area contributed by atoms with E-state index in [4.69, 9.17) is 0 Å². The van der Waals surface area contributed by atoms with Gasteiger partial charge in [0, 0.05) is 14.1 Å². The highest BCUT2D eigenvalue weighted by molar-refractivity contribution is 5.92. The predicted octanol–water partition coefficient (Wildman–Crippen LogP) is -3.05. The van der Waals surface area contributed by atoms with Crippen molar-refractivity contribution in [1.82, 2.24) is 26.2 Å². The maximum Gasteiger partial charge on any atom is 0.245 e. The molecule has 10 nitrogen and oxygen atoms in total. The molecule has 0 radical (unpaired) electrons. The Kier molecular flexibility index (Phi) is 8.97. The molecule has 0 aliphatic carbocycles. The molecule has 0 bridgehead atoms. The van der Waals surface area contributed by atoms with Gasteiger partial charge in [0.1, 0.15) is 12.1 Å². The van der Waals surface area contributed by atoms with Crippen LogP contribution in [0.25, 0.3) is 0 Å². The number of nitrogens with one attached hydrogen (secondary N) is 4. The van der Waals surface area contributed by atoms with Gasteiger partial charge in [0.2, 0.25) is 30.0 Å². The van der Waals surface area contributed by atoms with Crippen LogP contribution in [0.3, 0.4) is 0 Å². The van der Waals surface area contributed by atoms with Crippen molar-refractivity contribution in [2.45, 2.75) is 25.9 Å². The summed E-state index contributed by atoms with van der Waals surface area (Å²) >= 11 is 0. The van der Waals surface area contributed by atoms with Crippen LogP contribution in [-0.2, 0) is 24.0 Å². The van der Waals surface area contributed by atoms with Gasteiger partial charge in [-0.3, -0.25) is 24.0 Å². The third-order valence-electron chi connectivity index (χ3n) is 2.92. The Morgan fingerprint density at radius 1 is 1.09 bits per heavy atom. The molecule has 0 saturated carbocycles. The van der Waals surface area contributed by atoms with Gasteiger partial charge in [-0.05, 0) is 13.8 Å². The van der Waals surface area contributed by atoms with Gasteiger partial charge < -0.3 is 26.2 Å². The van der Waals surface area contributed by atoms with Crippen LogP contribution in [0.4, 0.5) is 0 Å². The molecule has 0 aromatic rings. The number of likely N-dealkylation sites (N-methyl/N-ethyl adjacent to an activating group) is 2. The molecule has 1 unspecified atom stereocenters. The zero-order valence-electron chi connectivity index (χ0n) is 13.6. The summed E-state index contributed by atoms with van der Waals surface area (Å²) in [6.45, 7) is 2.50. The lowest BCUT2D eigenvalue weighted by atomic mass is 10.2. The molecule has 0 spiro atoms. The minimum absolute atomic E-state index is 0.182. The van der Waals surface area contributed by atoms with E-state index in [9.17, 15) is 24.0 Å². The standard InChI is InChI=1S/C13H23N5O5/c1-8(16-7-19)12(22)17-9(2)13(23)18(4)6-11(21)15-5-10(20)14-3/h7-9H,5-6H2,1-4H3,(H,14,20)(H,15,21)(H,16,19)(H,17,22)/t8?,9-/m0/s1. The van der Waals surface area contributed by atoms with Crippen LogP contribution in [0.15, 0.2) is 0 Å². The van der Waals surface area contributed by atoms with Gasteiger partial charge in [-0.2, -0.15) is 0 Å². The highest BCUT2D eigenvalue weighted by Gasteiger charge is 2.23. The maximum absolute atomic E-state index is 12.1. The second-order valence-corrected chi connectivity index (χ2v) is 4.88. The molecule has 0 heterocycles. The highest BCUT2D eigenvalue weighted by Crippen LogP contribution is 1.93. The van der Waals surface area contributed by atoms with E-state index in [1.807, 2.05) is 0 Å². The van der Waals surface area contributed by atoms with E-state index < -0.39 is 29.8 Å². The SMILES string of the molecule is CNC(=O)CNC(=O)CN(C)C(=O)[C@H](C)NC(=O)C(C)NC=O. The molecule has 0 aromatic carbocycles. The van der Waals surface area contributed by atoms with Crippen molar-refractivity contribution in [3.63, 3.8) is 0 Å². The van der Waals surface area contributed by atoms with Crippen LogP contribution in [0.2, 0.25) is 0 Å². The van der Waals surface area contributed by atoms with Crippen molar-refractivity contribution in [3.8, 4) is 0 Å². The van der Waals surface area contributed by atoms with E-state index in [-0.39, 0.29) is 19.0 Å². The van der Waals surface area contributed by atoms with Crippen molar-refractivity contribution < 1.29 is 24.0 Å². The first-order valence-electron chi connectivity index (χ1n) is 6.95. The first kappa shape index (κ1) is 20.3. The smallest absolute Gasteiger partial charge is 0.245 e. The summed E-state index contributed by atoms with van der Waals surface area (Å²) in [5.41, 5.74) is 0. The van der Waals surface area contributed by atoms with E-state index in [0.29, 0.717) is 6.41 Å². The highest BCUT2D eigenvalue weighted by atomic mass is 16.2.